The Morgan fingerprint density at radius 3 is 2.72 bits per heavy atom. The number of aliphatic hydroxyl groups excluding tert-OH is 1. The minimum absolute atomic E-state index is 0.0450. The number of hydrogen-bond acceptors (Lipinski definition) is 7. The number of thioether (sulfide) groups is 1. The molecular formula is C24H28O7S. The molecule has 0 amide bonds. The van der Waals surface area contributed by atoms with Crippen LogP contribution in [0.3, 0.4) is 0 Å². The van der Waals surface area contributed by atoms with Crippen LogP contribution in [0.5, 0.6) is 0 Å². The van der Waals surface area contributed by atoms with Crippen LogP contribution in [-0.2, 0) is 23.9 Å². The zero-order valence-corrected chi connectivity index (χ0v) is 18.8. The number of allylic oxidation sites excluding steroid dienone is 2. The third-order valence-corrected chi connectivity index (χ3v) is 10.1. The molecule has 0 aromatic carbocycles. The number of ether oxygens (including phenoxy) is 1. The van der Waals surface area contributed by atoms with Crippen LogP contribution in [0.2, 0.25) is 0 Å². The maximum Gasteiger partial charge on any atom is 0.315 e. The lowest BCUT2D eigenvalue weighted by Gasteiger charge is -2.63. The minimum atomic E-state index is -0.953. The second-order valence-corrected chi connectivity index (χ2v) is 11.4. The highest BCUT2D eigenvalue weighted by molar-refractivity contribution is 8.14. The minimum Gasteiger partial charge on any atom is -0.481 e. The van der Waals surface area contributed by atoms with Gasteiger partial charge in [0, 0.05) is 24.0 Å². The van der Waals surface area contributed by atoms with Gasteiger partial charge in [0.25, 0.3) is 0 Å². The van der Waals surface area contributed by atoms with Gasteiger partial charge in [-0.05, 0) is 73.5 Å². The van der Waals surface area contributed by atoms with Crippen molar-refractivity contribution in [3.05, 3.63) is 23.8 Å². The Morgan fingerprint density at radius 2 is 2.00 bits per heavy atom. The number of hydrogen-bond donors (Lipinski definition) is 2. The standard InChI is InChI=1S/C24H28O7S/c1-12(25)32-21-14(2-5-19(28)29)17-10-13(26)6-8-23(17)11-31-22(30)24-9-7-15(23)20(21)16(24)3-4-18(24)27/h6,8,10,14-16,18,20-21,27H,2-5,7,9,11H2,1H3,(H,28,29)/t14?,15?,16-,18+,20+,21+,23-,24+/m0/s1. The molecule has 4 aliphatic carbocycles. The zero-order chi connectivity index (χ0) is 22.8. The van der Waals surface area contributed by atoms with Gasteiger partial charge in [-0.25, -0.2) is 0 Å². The van der Waals surface area contributed by atoms with Gasteiger partial charge in [0.15, 0.2) is 10.9 Å². The number of fused-ring (bicyclic) bond motifs is 3. The first-order valence-corrected chi connectivity index (χ1v) is 12.3. The van der Waals surface area contributed by atoms with Gasteiger partial charge < -0.3 is 14.9 Å². The Balaban J connectivity index is 1.70. The van der Waals surface area contributed by atoms with Crippen molar-refractivity contribution < 1.29 is 34.1 Å². The van der Waals surface area contributed by atoms with Gasteiger partial charge in [0.1, 0.15) is 6.61 Å². The second-order valence-electron chi connectivity index (χ2n) is 10.0. The summed E-state index contributed by atoms with van der Waals surface area (Å²) in [6.07, 6.45) is 6.91. The number of carbonyl (C=O) groups excluding carboxylic acids is 3. The fourth-order valence-corrected chi connectivity index (χ4v) is 9.08. The molecule has 6 aliphatic rings. The molecule has 172 valence electrons. The van der Waals surface area contributed by atoms with E-state index in [1.54, 1.807) is 6.08 Å². The zero-order valence-electron chi connectivity index (χ0n) is 18.0. The second kappa shape index (κ2) is 7.55. The fourth-order valence-electron chi connectivity index (χ4n) is 7.71. The molecule has 0 aromatic heterocycles. The summed E-state index contributed by atoms with van der Waals surface area (Å²) in [7, 11) is 0. The molecule has 7 nitrogen and oxygen atoms in total. The summed E-state index contributed by atoms with van der Waals surface area (Å²) in [6.45, 7) is 1.60. The van der Waals surface area contributed by atoms with Crippen LogP contribution in [0.1, 0.15) is 45.4 Å². The van der Waals surface area contributed by atoms with Crippen molar-refractivity contribution in [2.75, 3.05) is 6.61 Å². The number of carbonyl (C=O) groups is 4. The molecule has 4 bridgehead atoms. The lowest BCUT2D eigenvalue weighted by atomic mass is 9.44. The van der Waals surface area contributed by atoms with Gasteiger partial charge in [-0.15, -0.1) is 0 Å². The Kier molecular flexibility index (Phi) is 5.17. The largest absolute Gasteiger partial charge is 0.481 e. The molecule has 2 saturated heterocycles. The number of carboxylic acids is 1. The predicted molar refractivity (Wildman–Crippen MR) is 115 cm³/mol. The number of rotatable bonds is 4. The SMILES string of the molecule is CC(=O)S[C@@H]1C(CCC(=O)O)C2=CC(=O)C=C[C@@]23COC(=O)[C@]24CCC3[C@@H]1[C@@H]2CC[C@H]4O. The summed E-state index contributed by atoms with van der Waals surface area (Å²) in [6, 6.07) is 0. The highest BCUT2D eigenvalue weighted by atomic mass is 32.2. The van der Waals surface area contributed by atoms with Gasteiger partial charge in [-0.3, -0.25) is 19.2 Å². The van der Waals surface area contributed by atoms with Gasteiger partial charge in [-0.1, -0.05) is 17.8 Å². The average molecular weight is 461 g/mol. The van der Waals surface area contributed by atoms with Crippen molar-refractivity contribution >= 4 is 34.6 Å². The van der Waals surface area contributed by atoms with Crippen LogP contribution in [0.15, 0.2) is 23.8 Å². The molecule has 2 N–H and O–H groups in total. The lowest BCUT2D eigenvalue weighted by molar-refractivity contribution is -0.192. The molecule has 2 spiro atoms. The molecule has 2 aliphatic heterocycles. The van der Waals surface area contributed by atoms with Crippen LogP contribution < -0.4 is 0 Å². The summed E-state index contributed by atoms with van der Waals surface area (Å²) in [5, 5.41) is 20.0. The van der Waals surface area contributed by atoms with Crippen LogP contribution in [0, 0.1) is 34.5 Å². The normalized spacial score (nSPS) is 44.1. The Labute approximate surface area is 190 Å². The van der Waals surface area contributed by atoms with Crippen molar-refractivity contribution in [2.45, 2.75) is 56.8 Å². The molecule has 8 atom stereocenters. The quantitative estimate of drug-likeness (QED) is 0.615. The molecule has 5 fully saturated rings. The molecule has 2 heterocycles. The number of esters is 1. The molecule has 2 unspecified atom stereocenters. The lowest BCUT2D eigenvalue weighted by Crippen LogP contribution is -2.64. The van der Waals surface area contributed by atoms with Crippen LogP contribution in [0.4, 0.5) is 0 Å². The topological polar surface area (TPSA) is 118 Å². The summed E-state index contributed by atoms with van der Waals surface area (Å²) in [5.41, 5.74) is -0.803. The van der Waals surface area contributed by atoms with E-state index in [-0.39, 0.29) is 58.8 Å². The Morgan fingerprint density at radius 1 is 1.22 bits per heavy atom. The van der Waals surface area contributed by atoms with Crippen LogP contribution >= 0.6 is 11.8 Å². The molecule has 32 heavy (non-hydrogen) atoms. The van der Waals surface area contributed by atoms with Gasteiger partial charge >= 0.3 is 11.9 Å². The maximum absolute atomic E-state index is 13.4. The molecular weight excluding hydrogens is 432 g/mol. The van der Waals surface area contributed by atoms with Crippen molar-refractivity contribution in [3.63, 3.8) is 0 Å². The summed E-state index contributed by atoms with van der Waals surface area (Å²) < 4.78 is 5.87. The van der Waals surface area contributed by atoms with E-state index < -0.39 is 22.9 Å². The fraction of sp³-hybridized carbons (Fsp3) is 0.667. The third kappa shape index (κ3) is 2.91. The number of aliphatic hydroxyl groups is 1. The summed E-state index contributed by atoms with van der Waals surface area (Å²) in [4.78, 5) is 49.7. The van der Waals surface area contributed by atoms with Crippen LogP contribution in [-0.4, -0.2) is 51.0 Å². The van der Waals surface area contributed by atoms with Crippen molar-refractivity contribution in [2.24, 2.45) is 34.5 Å². The Bertz CT molecular complexity index is 954. The van der Waals surface area contributed by atoms with Crippen molar-refractivity contribution in [1.29, 1.82) is 0 Å². The highest BCUT2D eigenvalue weighted by Crippen LogP contribution is 2.69. The summed E-state index contributed by atoms with van der Waals surface area (Å²) >= 11 is 1.22. The molecule has 6 rings (SSSR count). The maximum atomic E-state index is 13.4. The van der Waals surface area contributed by atoms with E-state index in [4.69, 9.17) is 4.74 Å². The molecule has 3 saturated carbocycles. The van der Waals surface area contributed by atoms with E-state index in [9.17, 15) is 29.4 Å². The first kappa shape index (κ1) is 21.9. The number of ketones is 1. The van der Waals surface area contributed by atoms with E-state index in [1.165, 1.54) is 24.8 Å². The van der Waals surface area contributed by atoms with E-state index in [0.717, 1.165) is 5.57 Å². The van der Waals surface area contributed by atoms with Gasteiger partial charge in [0.05, 0.1) is 11.5 Å². The molecule has 0 radical (unpaired) electrons. The first-order chi connectivity index (χ1) is 15.2. The van der Waals surface area contributed by atoms with E-state index in [1.807, 2.05) is 6.08 Å². The van der Waals surface area contributed by atoms with E-state index >= 15 is 0 Å². The van der Waals surface area contributed by atoms with Gasteiger partial charge in [0.2, 0.25) is 0 Å². The first-order valence-electron chi connectivity index (χ1n) is 11.4. The number of carboxylic acid groups (broad SMARTS) is 1. The predicted octanol–water partition coefficient (Wildman–Crippen LogP) is 2.52. The van der Waals surface area contributed by atoms with E-state index in [0.29, 0.717) is 32.1 Å². The highest BCUT2D eigenvalue weighted by Gasteiger charge is 2.70. The van der Waals surface area contributed by atoms with Gasteiger partial charge in [-0.2, -0.15) is 0 Å². The van der Waals surface area contributed by atoms with Crippen molar-refractivity contribution in [3.8, 4) is 0 Å². The monoisotopic (exact) mass is 460 g/mol. The molecule has 0 aromatic rings. The average Bonchev–Trinajstić information content (AvgIpc) is 3.08. The summed E-state index contributed by atoms with van der Waals surface area (Å²) in [5.74, 6) is -1.85. The smallest absolute Gasteiger partial charge is 0.315 e. The number of aliphatic carboxylic acids is 1. The Hall–Kier alpha value is -1.93. The third-order valence-electron chi connectivity index (χ3n) is 8.82. The molecule has 8 heteroatoms. The van der Waals surface area contributed by atoms with Crippen LogP contribution in [0.25, 0.3) is 0 Å². The van der Waals surface area contributed by atoms with Crippen molar-refractivity contribution in [1.82, 2.24) is 0 Å². The van der Waals surface area contributed by atoms with E-state index in [2.05, 4.69) is 0 Å².